The van der Waals surface area contributed by atoms with Crippen LogP contribution in [0.2, 0.25) is 0 Å². The van der Waals surface area contributed by atoms with Gasteiger partial charge in [0.05, 0.1) is 62.5 Å². The number of carbonyl (C=O) groups excluding carboxylic acids is 4. The number of hydroxylamine groups is 1. The lowest BCUT2D eigenvalue weighted by molar-refractivity contribution is -0.144. The lowest BCUT2D eigenvalue weighted by Gasteiger charge is -2.17. The topological polar surface area (TPSA) is 135 Å². The zero-order chi connectivity index (χ0) is 23.7. The van der Waals surface area contributed by atoms with Crippen LogP contribution in [-0.4, -0.2) is 90.3 Å². The zero-order valence-electron chi connectivity index (χ0n) is 18.8. The molecule has 5 amide bonds. The second-order valence-electron chi connectivity index (χ2n) is 9.18. The van der Waals surface area contributed by atoms with E-state index in [2.05, 4.69) is 16.1 Å². The van der Waals surface area contributed by atoms with Gasteiger partial charge in [0.15, 0.2) is 0 Å². The quantitative estimate of drug-likeness (QED) is 0.111. The molecule has 7 unspecified atom stereocenters. The SMILES string of the molecule is O=C(CCCCC1SCC2NC(=O)NC21)NOCCOCCN1C(=O)C2C3C=CC(O3)C2C1=O. The molecule has 4 saturated heterocycles. The molecular weight excluding hydrogens is 464 g/mol. The highest BCUT2D eigenvalue weighted by molar-refractivity contribution is 8.00. The summed E-state index contributed by atoms with van der Waals surface area (Å²) in [6, 6.07) is 0.331. The van der Waals surface area contributed by atoms with E-state index < -0.39 is 11.8 Å². The van der Waals surface area contributed by atoms with E-state index >= 15 is 0 Å². The Morgan fingerprint density at radius 3 is 2.62 bits per heavy atom. The highest BCUT2D eigenvalue weighted by atomic mass is 32.2. The van der Waals surface area contributed by atoms with Crippen molar-refractivity contribution in [3.05, 3.63) is 12.2 Å². The molecule has 5 aliphatic heterocycles. The van der Waals surface area contributed by atoms with Crippen molar-refractivity contribution in [1.82, 2.24) is 21.0 Å². The first-order valence-corrected chi connectivity index (χ1v) is 12.9. The highest BCUT2D eigenvalue weighted by Crippen LogP contribution is 2.44. The predicted molar refractivity (Wildman–Crippen MR) is 120 cm³/mol. The summed E-state index contributed by atoms with van der Waals surface area (Å²) < 4.78 is 11.1. The summed E-state index contributed by atoms with van der Waals surface area (Å²) in [5.41, 5.74) is 2.41. The standard InChI is InChI=1S/C22H30N4O7S/c27-16(4-2-1-3-15-19-12(11-34-15)23-22(30)24-19)25-32-10-9-31-8-7-26-20(28)17-13-5-6-14(33-13)18(17)21(26)29/h5-6,12-15,17-19H,1-4,7-11H2,(H,25,27)(H2,23,24,30). The second-order valence-corrected chi connectivity index (χ2v) is 10.5. The Hall–Kier alpha value is -2.15. The van der Waals surface area contributed by atoms with Gasteiger partial charge in [0.2, 0.25) is 17.7 Å². The predicted octanol–water partition coefficient (Wildman–Crippen LogP) is -0.285. The zero-order valence-corrected chi connectivity index (χ0v) is 19.6. The number of urea groups is 1. The maximum atomic E-state index is 12.5. The molecule has 2 bridgehead atoms. The van der Waals surface area contributed by atoms with Crippen molar-refractivity contribution in [3.8, 4) is 0 Å². The van der Waals surface area contributed by atoms with Gasteiger partial charge in [0, 0.05) is 17.4 Å². The van der Waals surface area contributed by atoms with E-state index in [4.69, 9.17) is 14.3 Å². The third-order valence-corrected chi connectivity index (χ3v) is 8.57. The molecule has 0 aliphatic carbocycles. The number of likely N-dealkylation sites (tertiary alicyclic amines) is 1. The lowest BCUT2D eigenvalue weighted by Crippen LogP contribution is -2.37. The van der Waals surface area contributed by atoms with Gasteiger partial charge in [-0.1, -0.05) is 18.6 Å². The fraction of sp³-hybridized carbons (Fsp3) is 0.727. The Morgan fingerprint density at radius 1 is 1.09 bits per heavy atom. The molecule has 0 spiro atoms. The molecule has 7 atom stereocenters. The molecule has 0 saturated carbocycles. The van der Waals surface area contributed by atoms with E-state index in [0.717, 1.165) is 25.0 Å². The van der Waals surface area contributed by atoms with Gasteiger partial charge in [0.25, 0.3) is 0 Å². The van der Waals surface area contributed by atoms with E-state index in [1.54, 1.807) is 0 Å². The summed E-state index contributed by atoms with van der Waals surface area (Å²) in [6.07, 6.45) is 6.16. The monoisotopic (exact) mass is 494 g/mol. The Morgan fingerprint density at radius 2 is 1.85 bits per heavy atom. The van der Waals surface area contributed by atoms with E-state index in [1.807, 2.05) is 23.9 Å². The number of hydrogen-bond donors (Lipinski definition) is 3. The number of carbonyl (C=O) groups is 4. The molecule has 0 radical (unpaired) electrons. The molecule has 12 heteroatoms. The number of nitrogens with zero attached hydrogens (tertiary/aromatic N) is 1. The van der Waals surface area contributed by atoms with Gasteiger partial charge in [-0.05, 0) is 12.8 Å². The molecule has 11 nitrogen and oxygen atoms in total. The van der Waals surface area contributed by atoms with Gasteiger partial charge in [-0.3, -0.25) is 24.1 Å². The highest BCUT2D eigenvalue weighted by Gasteiger charge is 2.60. The molecule has 0 aromatic rings. The molecule has 5 rings (SSSR count). The van der Waals surface area contributed by atoms with Crippen molar-refractivity contribution in [2.45, 2.75) is 55.2 Å². The molecule has 3 N–H and O–H groups in total. The normalized spacial score (nSPS) is 35.0. The molecule has 34 heavy (non-hydrogen) atoms. The van der Waals surface area contributed by atoms with Crippen molar-refractivity contribution in [1.29, 1.82) is 0 Å². The molecule has 5 aliphatic rings. The number of rotatable bonds is 12. The van der Waals surface area contributed by atoms with Crippen LogP contribution in [0.15, 0.2) is 12.2 Å². The number of unbranched alkanes of at least 4 members (excludes halogenated alkanes) is 1. The number of hydrogen-bond acceptors (Lipinski definition) is 8. The van der Waals surface area contributed by atoms with E-state index in [0.29, 0.717) is 11.7 Å². The van der Waals surface area contributed by atoms with Crippen LogP contribution in [0.4, 0.5) is 4.79 Å². The van der Waals surface area contributed by atoms with Crippen molar-refractivity contribution in [2.75, 3.05) is 32.1 Å². The van der Waals surface area contributed by atoms with Gasteiger partial charge < -0.3 is 20.1 Å². The minimum atomic E-state index is -0.393. The van der Waals surface area contributed by atoms with Gasteiger partial charge in [-0.25, -0.2) is 10.3 Å². The molecule has 0 aromatic heterocycles. The summed E-state index contributed by atoms with van der Waals surface area (Å²) in [5.74, 6) is -0.405. The van der Waals surface area contributed by atoms with E-state index in [-0.39, 0.29) is 74.4 Å². The average molecular weight is 495 g/mol. The fourth-order valence-corrected chi connectivity index (χ4v) is 6.94. The van der Waals surface area contributed by atoms with E-state index in [1.165, 1.54) is 4.90 Å². The summed E-state index contributed by atoms with van der Waals surface area (Å²) in [6.45, 7) is 0.835. The maximum absolute atomic E-state index is 12.5. The minimum Gasteiger partial charge on any atom is -0.377 e. The van der Waals surface area contributed by atoms with Crippen LogP contribution in [-0.2, 0) is 28.7 Å². The number of nitrogens with one attached hydrogen (secondary N) is 3. The van der Waals surface area contributed by atoms with Crippen LogP contribution < -0.4 is 16.1 Å². The Balaban J connectivity index is 0.877. The Bertz CT molecular complexity index is 840. The van der Waals surface area contributed by atoms with Crippen molar-refractivity contribution in [3.63, 3.8) is 0 Å². The van der Waals surface area contributed by atoms with Crippen molar-refractivity contribution >= 4 is 35.5 Å². The number of fused-ring (bicyclic) bond motifs is 6. The van der Waals surface area contributed by atoms with Gasteiger partial charge in [0.1, 0.15) is 0 Å². The number of amides is 5. The number of imide groups is 1. The maximum Gasteiger partial charge on any atom is 0.315 e. The van der Waals surface area contributed by atoms with E-state index in [9.17, 15) is 19.2 Å². The second kappa shape index (κ2) is 10.2. The third kappa shape index (κ3) is 4.68. The van der Waals surface area contributed by atoms with Crippen LogP contribution in [0.1, 0.15) is 25.7 Å². The van der Waals surface area contributed by atoms with Crippen LogP contribution in [0.25, 0.3) is 0 Å². The van der Waals surface area contributed by atoms with Gasteiger partial charge in [-0.2, -0.15) is 11.8 Å². The fourth-order valence-electron chi connectivity index (χ4n) is 5.40. The summed E-state index contributed by atoms with van der Waals surface area (Å²) in [5, 5.41) is 6.30. The first kappa shape index (κ1) is 23.6. The summed E-state index contributed by atoms with van der Waals surface area (Å²) in [4.78, 5) is 54.8. The van der Waals surface area contributed by atoms with Crippen LogP contribution >= 0.6 is 11.8 Å². The van der Waals surface area contributed by atoms with Gasteiger partial charge in [-0.15, -0.1) is 0 Å². The first-order chi connectivity index (χ1) is 16.5. The van der Waals surface area contributed by atoms with Crippen LogP contribution in [0, 0.1) is 11.8 Å². The number of ether oxygens (including phenoxy) is 2. The van der Waals surface area contributed by atoms with Crippen molar-refractivity contribution in [2.24, 2.45) is 11.8 Å². The lowest BCUT2D eigenvalue weighted by atomic mass is 9.85. The Kier molecular flexibility index (Phi) is 7.09. The first-order valence-electron chi connectivity index (χ1n) is 11.9. The van der Waals surface area contributed by atoms with Crippen LogP contribution in [0.5, 0.6) is 0 Å². The smallest absolute Gasteiger partial charge is 0.315 e. The largest absolute Gasteiger partial charge is 0.377 e. The minimum absolute atomic E-state index is 0.0829. The van der Waals surface area contributed by atoms with Gasteiger partial charge >= 0.3 is 6.03 Å². The van der Waals surface area contributed by atoms with Crippen molar-refractivity contribution < 1.29 is 33.5 Å². The molecule has 5 heterocycles. The molecule has 186 valence electrons. The average Bonchev–Trinajstić information content (AvgIpc) is 3.61. The molecular formula is C22H30N4O7S. The Labute approximate surface area is 201 Å². The molecule has 4 fully saturated rings. The summed E-state index contributed by atoms with van der Waals surface area (Å²) in [7, 11) is 0. The number of thioether (sulfide) groups is 1. The molecule has 0 aromatic carbocycles. The summed E-state index contributed by atoms with van der Waals surface area (Å²) >= 11 is 1.87. The third-order valence-electron chi connectivity index (χ3n) is 7.06. The van der Waals surface area contributed by atoms with Crippen LogP contribution in [0.3, 0.4) is 0 Å².